The summed E-state index contributed by atoms with van der Waals surface area (Å²) in [6, 6.07) is 2.49. The van der Waals surface area contributed by atoms with Crippen molar-refractivity contribution in [1.82, 2.24) is 0 Å². The minimum atomic E-state index is -4.21. The summed E-state index contributed by atoms with van der Waals surface area (Å²) in [4.78, 5) is 0. The minimum absolute atomic E-state index is 0. The van der Waals surface area contributed by atoms with Crippen LogP contribution in [0.5, 0.6) is 11.5 Å². The van der Waals surface area contributed by atoms with Crippen molar-refractivity contribution < 1.29 is 22.6 Å². The molecule has 1 atom stereocenters. The number of hydrogen-bond donors (Lipinski definition) is 1. The van der Waals surface area contributed by atoms with E-state index in [0.29, 0.717) is 21.5 Å². The molecule has 0 amide bonds. The van der Waals surface area contributed by atoms with Gasteiger partial charge in [-0.15, -0.1) is 12.4 Å². The van der Waals surface area contributed by atoms with Crippen LogP contribution in [0.15, 0.2) is 16.6 Å². The van der Waals surface area contributed by atoms with Crippen LogP contribution in [0.4, 0.5) is 13.2 Å². The van der Waals surface area contributed by atoms with Gasteiger partial charge >= 0.3 is 6.18 Å². The molecule has 1 rings (SSSR count). The van der Waals surface area contributed by atoms with Crippen molar-refractivity contribution in [1.29, 1.82) is 0 Å². The lowest BCUT2D eigenvalue weighted by Crippen LogP contribution is -2.16. The van der Waals surface area contributed by atoms with E-state index in [1.807, 2.05) is 0 Å². The van der Waals surface area contributed by atoms with Gasteiger partial charge in [-0.05, 0) is 24.1 Å². The van der Waals surface area contributed by atoms with Crippen molar-refractivity contribution in [3.8, 4) is 11.5 Å². The first kappa shape index (κ1) is 19.3. The minimum Gasteiger partial charge on any atom is -0.493 e. The zero-order valence-electron chi connectivity index (χ0n) is 11.0. The predicted octanol–water partition coefficient (Wildman–Crippen LogP) is 4.23. The second-order valence-electron chi connectivity index (χ2n) is 3.99. The van der Waals surface area contributed by atoms with E-state index in [1.165, 1.54) is 14.2 Å². The molecule has 0 bridgehead atoms. The molecule has 0 unspecified atom stereocenters. The molecule has 1 aromatic carbocycles. The van der Waals surface area contributed by atoms with Gasteiger partial charge in [-0.1, -0.05) is 15.9 Å². The highest BCUT2D eigenvalue weighted by atomic mass is 79.9. The number of benzene rings is 1. The molecule has 2 N–H and O–H groups in total. The molecule has 1 aromatic rings. The largest absolute Gasteiger partial charge is 0.493 e. The third-order valence-electron chi connectivity index (χ3n) is 2.64. The zero-order valence-corrected chi connectivity index (χ0v) is 13.4. The number of ether oxygens (including phenoxy) is 2. The van der Waals surface area contributed by atoms with Crippen molar-refractivity contribution in [2.24, 2.45) is 5.73 Å². The highest BCUT2D eigenvalue weighted by Crippen LogP contribution is 2.37. The molecule has 0 fully saturated rings. The molecule has 116 valence electrons. The summed E-state index contributed by atoms with van der Waals surface area (Å²) in [5.41, 5.74) is 6.35. The van der Waals surface area contributed by atoms with E-state index in [4.69, 9.17) is 15.2 Å². The molecule has 0 saturated carbocycles. The summed E-state index contributed by atoms with van der Waals surface area (Å²) in [7, 11) is 2.93. The van der Waals surface area contributed by atoms with E-state index in [-0.39, 0.29) is 18.8 Å². The number of rotatable bonds is 5. The van der Waals surface area contributed by atoms with Gasteiger partial charge in [0.25, 0.3) is 0 Å². The van der Waals surface area contributed by atoms with Crippen LogP contribution in [-0.2, 0) is 0 Å². The number of methoxy groups -OCH3 is 2. The highest BCUT2D eigenvalue weighted by molar-refractivity contribution is 9.10. The van der Waals surface area contributed by atoms with E-state index >= 15 is 0 Å². The van der Waals surface area contributed by atoms with Gasteiger partial charge in [-0.2, -0.15) is 13.2 Å². The molecule has 0 aliphatic carbocycles. The van der Waals surface area contributed by atoms with Crippen LogP contribution >= 0.6 is 28.3 Å². The van der Waals surface area contributed by atoms with Gasteiger partial charge < -0.3 is 15.2 Å². The van der Waals surface area contributed by atoms with Crippen molar-refractivity contribution in [2.75, 3.05) is 14.2 Å². The summed E-state index contributed by atoms with van der Waals surface area (Å²) in [6.07, 6.45) is -5.31. The zero-order chi connectivity index (χ0) is 14.6. The Labute approximate surface area is 130 Å². The maximum Gasteiger partial charge on any atom is 0.389 e. The molecule has 8 heteroatoms. The van der Waals surface area contributed by atoms with Gasteiger partial charge in [-0.3, -0.25) is 0 Å². The Kier molecular flexibility index (Phi) is 7.69. The standard InChI is InChI=1S/C12H15BrF3NO2.ClH/c1-18-10-5-7(8(13)6-11(10)19-2)9(17)3-4-12(14,15)16;/h5-6,9H,3-4,17H2,1-2H3;1H/t9-;/m1./s1. The molecule has 0 aliphatic heterocycles. The van der Waals surface area contributed by atoms with Gasteiger partial charge in [0, 0.05) is 16.9 Å². The SMILES string of the molecule is COc1cc(Br)c([C@H](N)CCC(F)(F)F)cc1OC.Cl. The van der Waals surface area contributed by atoms with Gasteiger partial charge in [0.1, 0.15) is 0 Å². The van der Waals surface area contributed by atoms with Crippen molar-refractivity contribution >= 4 is 28.3 Å². The average molecular weight is 379 g/mol. The molecule has 0 radical (unpaired) electrons. The Bertz CT molecular complexity index is 443. The average Bonchev–Trinajstić information content (AvgIpc) is 2.34. The maximum atomic E-state index is 12.2. The molecular formula is C12H16BrClF3NO2. The summed E-state index contributed by atoms with van der Waals surface area (Å²) < 4.78 is 47.3. The van der Waals surface area contributed by atoms with Crippen LogP contribution in [0.1, 0.15) is 24.4 Å². The summed E-state index contributed by atoms with van der Waals surface area (Å²) in [6.45, 7) is 0. The Morgan fingerprint density at radius 2 is 1.70 bits per heavy atom. The van der Waals surface area contributed by atoms with Gasteiger partial charge in [0.2, 0.25) is 0 Å². The molecule has 0 aliphatic rings. The monoisotopic (exact) mass is 377 g/mol. The molecule has 3 nitrogen and oxygen atoms in total. The number of hydrogen-bond acceptors (Lipinski definition) is 3. The van der Waals surface area contributed by atoms with E-state index in [0.717, 1.165) is 0 Å². The van der Waals surface area contributed by atoms with E-state index < -0.39 is 18.6 Å². The first-order valence-corrected chi connectivity index (χ1v) is 6.31. The van der Waals surface area contributed by atoms with Crippen LogP contribution in [-0.4, -0.2) is 20.4 Å². The van der Waals surface area contributed by atoms with Crippen LogP contribution in [0.25, 0.3) is 0 Å². The molecule has 0 spiro atoms. The summed E-state index contributed by atoms with van der Waals surface area (Å²) in [5.74, 6) is 0.921. The smallest absolute Gasteiger partial charge is 0.389 e. The van der Waals surface area contributed by atoms with Crippen molar-refractivity contribution in [3.63, 3.8) is 0 Å². The van der Waals surface area contributed by atoms with E-state index in [9.17, 15) is 13.2 Å². The predicted molar refractivity (Wildman–Crippen MR) is 76.7 cm³/mol. The fraction of sp³-hybridized carbons (Fsp3) is 0.500. The summed E-state index contributed by atoms with van der Waals surface area (Å²) >= 11 is 3.28. The molecular weight excluding hydrogens is 362 g/mol. The molecule has 0 heterocycles. The lowest BCUT2D eigenvalue weighted by atomic mass is 10.0. The van der Waals surface area contributed by atoms with Gasteiger partial charge in [0.05, 0.1) is 14.2 Å². The normalized spacial score (nSPS) is 12.6. The third-order valence-corrected chi connectivity index (χ3v) is 3.33. The Morgan fingerprint density at radius 1 is 1.20 bits per heavy atom. The van der Waals surface area contributed by atoms with E-state index in [2.05, 4.69) is 15.9 Å². The Balaban J connectivity index is 0.00000361. The molecule has 0 aromatic heterocycles. The van der Waals surface area contributed by atoms with E-state index in [1.54, 1.807) is 12.1 Å². The second-order valence-corrected chi connectivity index (χ2v) is 4.84. The Morgan fingerprint density at radius 3 is 2.15 bits per heavy atom. The summed E-state index contributed by atoms with van der Waals surface area (Å²) in [5, 5.41) is 0. The maximum absolute atomic E-state index is 12.2. The topological polar surface area (TPSA) is 44.5 Å². The fourth-order valence-electron chi connectivity index (χ4n) is 1.63. The van der Waals surface area contributed by atoms with Crippen molar-refractivity contribution in [2.45, 2.75) is 25.1 Å². The first-order chi connectivity index (χ1) is 8.78. The lowest BCUT2D eigenvalue weighted by Gasteiger charge is -2.17. The van der Waals surface area contributed by atoms with Crippen LogP contribution in [0.2, 0.25) is 0 Å². The van der Waals surface area contributed by atoms with Crippen molar-refractivity contribution in [3.05, 3.63) is 22.2 Å². The lowest BCUT2D eigenvalue weighted by molar-refractivity contribution is -0.136. The fourth-order valence-corrected chi connectivity index (χ4v) is 2.25. The Hall–Kier alpha value is -0.660. The number of nitrogens with two attached hydrogens (primary N) is 1. The first-order valence-electron chi connectivity index (χ1n) is 5.52. The number of alkyl halides is 3. The quantitative estimate of drug-likeness (QED) is 0.834. The highest BCUT2D eigenvalue weighted by Gasteiger charge is 2.28. The molecule has 20 heavy (non-hydrogen) atoms. The second kappa shape index (κ2) is 7.95. The third kappa shape index (κ3) is 5.38. The van der Waals surface area contributed by atoms with Crippen LogP contribution < -0.4 is 15.2 Å². The van der Waals surface area contributed by atoms with Crippen LogP contribution in [0.3, 0.4) is 0 Å². The van der Waals surface area contributed by atoms with Gasteiger partial charge in [0.15, 0.2) is 11.5 Å². The van der Waals surface area contributed by atoms with Gasteiger partial charge in [-0.25, -0.2) is 0 Å². The molecule has 0 saturated heterocycles. The number of halogens is 5. The van der Waals surface area contributed by atoms with Crippen LogP contribution in [0, 0.1) is 0 Å².